The monoisotopic (exact) mass is 261 g/mol. The highest BCUT2D eigenvalue weighted by Crippen LogP contribution is 2.48. The lowest BCUT2D eigenvalue weighted by Gasteiger charge is -2.10. The lowest BCUT2D eigenvalue weighted by atomic mass is 10.0. The minimum absolute atomic E-state index is 0.130. The Labute approximate surface area is 103 Å². The molecule has 2 atom stereocenters. The standard InChI is InChI=1S/C13H15F4N/c1-2-18-7-9-5-10(9)8-3-4-12(14)11(6-8)13(15,16)17/h3-4,6,9-10,18H,2,5,7H2,1H3. The van der Waals surface area contributed by atoms with Gasteiger partial charge >= 0.3 is 6.18 Å². The molecule has 1 nitrogen and oxygen atoms in total. The molecule has 0 bridgehead atoms. The molecular formula is C13H15F4N. The topological polar surface area (TPSA) is 12.0 Å². The number of rotatable bonds is 4. The van der Waals surface area contributed by atoms with Crippen LogP contribution in [-0.2, 0) is 6.18 Å². The number of hydrogen-bond donors (Lipinski definition) is 1. The number of hydrogen-bond acceptors (Lipinski definition) is 1. The van der Waals surface area contributed by atoms with Gasteiger partial charge in [-0.15, -0.1) is 0 Å². The van der Waals surface area contributed by atoms with Crippen LogP contribution in [0.4, 0.5) is 17.6 Å². The van der Waals surface area contributed by atoms with Gasteiger partial charge in [-0.25, -0.2) is 4.39 Å². The van der Waals surface area contributed by atoms with Gasteiger partial charge in [0.05, 0.1) is 5.56 Å². The predicted molar refractivity (Wildman–Crippen MR) is 60.8 cm³/mol. The van der Waals surface area contributed by atoms with Crippen molar-refractivity contribution in [1.29, 1.82) is 0 Å². The predicted octanol–water partition coefficient (Wildman–Crippen LogP) is 3.56. The molecule has 0 radical (unpaired) electrons. The largest absolute Gasteiger partial charge is 0.419 e. The molecular weight excluding hydrogens is 246 g/mol. The Bertz CT molecular complexity index is 427. The third-order valence-electron chi connectivity index (χ3n) is 3.30. The zero-order chi connectivity index (χ0) is 13.3. The molecule has 5 heteroatoms. The van der Waals surface area contributed by atoms with Gasteiger partial charge in [-0.1, -0.05) is 13.0 Å². The molecule has 0 aromatic heterocycles. The average molecular weight is 261 g/mol. The quantitative estimate of drug-likeness (QED) is 0.817. The molecule has 2 rings (SSSR count). The van der Waals surface area contributed by atoms with E-state index in [9.17, 15) is 17.6 Å². The maximum atomic E-state index is 13.1. The second-order valence-corrected chi connectivity index (χ2v) is 4.65. The molecule has 1 fully saturated rings. The molecule has 0 heterocycles. The molecule has 1 aromatic carbocycles. The van der Waals surface area contributed by atoms with E-state index in [0.29, 0.717) is 11.5 Å². The van der Waals surface area contributed by atoms with Crippen LogP contribution >= 0.6 is 0 Å². The fourth-order valence-corrected chi connectivity index (χ4v) is 2.20. The van der Waals surface area contributed by atoms with Crippen LogP contribution in [-0.4, -0.2) is 13.1 Å². The molecule has 1 aromatic rings. The molecule has 0 aliphatic heterocycles. The van der Waals surface area contributed by atoms with Gasteiger partial charge in [0.15, 0.2) is 0 Å². The molecule has 1 aliphatic carbocycles. The number of nitrogens with one attached hydrogen (secondary N) is 1. The van der Waals surface area contributed by atoms with Crippen molar-refractivity contribution in [3.8, 4) is 0 Å². The Hall–Kier alpha value is -1.10. The van der Waals surface area contributed by atoms with Gasteiger partial charge in [-0.2, -0.15) is 13.2 Å². The van der Waals surface area contributed by atoms with Gasteiger partial charge in [0, 0.05) is 0 Å². The van der Waals surface area contributed by atoms with Crippen molar-refractivity contribution >= 4 is 0 Å². The lowest BCUT2D eigenvalue weighted by Crippen LogP contribution is -2.16. The maximum absolute atomic E-state index is 13.1. The highest BCUT2D eigenvalue weighted by atomic mass is 19.4. The first-order valence-electron chi connectivity index (χ1n) is 6.00. The highest BCUT2D eigenvalue weighted by Gasteiger charge is 2.40. The third kappa shape index (κ3) is 2.83. The summed E-state index contributed by atoms with van der Waals surface area (Å²) < 4.78 is 50.8. The summed E-state index contributed by atoms with van der Waals surface area (Å²) in [5.41, 5.74) is -0.569. The van der Waals surface area contributed by atoms with E-state index < -0.39 is 17.6 Å². The Kier molecular flexibility index (Phi) is 3.61. The smallest absolute Gasteiger partial charge is 0.317 e. The van der Waals surface area contributed by atoms with Crippen LogP contribution in [0.5, 0.6) is 0 Å². The van der Waals surface area contributed by atoms with Crippen molar-refractivity contribution in [2.45, 2.75) is 25.4 Å². The number of benzene rings is 1. The molecule has 1 aliphatic rings. The summed E-state index contributed by atoms with van der Waals surface area (Å²) in [5, 5.41) is 3.17. The fourth-order valence-electron chi connectivity index (χ4n) is 2.20. The first-order chi connectivity index (χ1) is 8.43. The second kappa shape index (κ2) is 4.88. The van der Waals surface area contributed by atoms with Gasteiger partial charge in [0.2, 0.25) is 0 Å². The lowest BCUT2D eigenvalue weighted by molar-refractivity contribution is -0.140. The molecule has 0 saturated heterocycles. The Morgan fingerprint density at radius 1 is 1.33 bits per heavy atom. The van der Waals surface area contributed by atoms with E-state index in [4.69, 9.17) is 0 Å². The molecule has 1 N–H and O–H groups in total. The molecule has 0 spiro atoms. The van der Waals surface area contributed by atoms with Crippen LogP contribution in [0.3, 0.4) is 0 Å². The van der Waals surface area contributed by atoms with E-state index in [0.717, 1.165) is 31.6 Å². The van der Waals surface area contributed by atoms with Gasteiger partial charge in [0.1, 0.15) is 5.82 Å². The normalized spacial score (nSPS) is 23.2. The van der Waals surface area contributed by atoms with Crippen LogP contribution < -0.4 is 5.32 Å². The first kappa shape index (κ1) is 13.3. The van der Waals surface area contributed by atoms with Crippen LogP contribution in [0.1, 0.15) is 30.4 Å². The summed E-state index contributed by atoms with van der Waals surface area (Å²) in [5.74, 6) is -0.697. The minimum atomic E-state index is -4.62. The van der Waals surface area contributed by atoms with Crippen molar-refractivity contribution in [2.75, 3.05) is 13.1 Å². The van der Waals surface area contributed by atoms with E-state index in [1.54, 1.807) is 0 Å². The van der Waals surface area contributed by atoms with Crippen molar-refractivity contribution in [3.63, 3.8) is 0 Å². The Morgan fingerprint density at radius 2 is 2.06 bits per heavy atom. The minimum Gasteiger partial charge on any atom is -0.317 e. The van der Waals surface area contributed by atoms with Crippen molar-refractivity contribution < 1.29 is 17.6 Å². The zero-order valence-corrected chi connectivity index (χ0v) is 10.0. The first-order valence-corrected chi connectivity index (χ1v) is 6.00. The SMILES string of the molecule is CCNCC1CC1c1ccc(F)c(C(F)(F)F)c1. The summed E-state index contributed by atoms with van der Waals surface area (Å²) in [6.45, 7) is 3.64. The van der Waals surface area contributed by atoms with E-state index >= 15 is 0 Å². The Balaban J connectivity index is 2.12. The van der Waals surface area contributed by atoms with Crippen LogP contribution in [0.25, 0.3) is 0 Å². The average Bonchev–Trinajstić information content (AvgIpc) is 3.05. The second-order valence-electron chi connectivity index (χ2n) is 4.65. The molecule has 2 unspecified atom stereocenters. The third-order valence-corrected chi connectivity index (χ3v) is 3.30. The van der Waals surface area contributed by atoms with Gasteiger partial charge in [-0.05, 0) is 49.0 Å². The summed E-state index contributed by atoms with van der Waals surface area (Å²) in [6.07, 6.45) is -3.75. The van der Waals surface area contributed by atoms with E-state index in [1.165, 1.54) is 6.07 Å². The zero-order valence-electron chi connectivity index (χ0n) is 10.0. The van der Waals surface area contributed by atoms with Crippen LogP contribution in [0.15, 0.2) is 18.2 Å². The van der Waals surface area contributed by atoms with E-state index in [1.807, 2.05) is 6.92 Å². The summed E-state index contributed by atoms with van der Waals surface area (Å²) in [6, 6.07) is 3.33. The summed E-state index contributed by atoms with van der Waals surface area (Å²) in [7, 11) is 0. The van der Waals surface area contributed by atoms with Gasteiger partial charge < -0.3 is 5.32 Å². The molecule has 0 amide bonds. The van der Waals surface area contributed by atoms with Gasteiger partial charge in [-0.3, -0.25) is 0 Å². The van der Waals surface area contributed by atoms with Crippen molar-refractivity contribution in [2.24, 2.45) is 5.92 Å². The molecule has 100 valence electrons. The van der Waals surface area contributed by atoms with Gasteiger partial charge in [0.25, 0.3) is 0 Å². The van der Waals surface area contributed by atoms with E-state index in [-0.39, 0.29) is 5.92 Å². The van der Waals surface area contributed by atoms with Crippen molar-refractivity contribution in [1.82, 2.24) is 5.32 Å². The summed E-state index contributed by atoms with van der Waals surface area (Å²) >= 11 is 0. The van der Waals surface area contributed by atoms with E-state index in [2.05, 4.69) is 5.32 Å². The van der Waals surface area contributed by atoms with Crippen molar-refractivity contribution in [3.05, 3.63) is 35.1 Å². The number of halogens is 4. The van der Waals surface area contributed by atoms with Crippen LogP contribution in [0.2, 0.25) is 0 Å². The summed E-state index contributed by atoms with van der Waals surface area (Å²) in [4.78, 5) is 0. The maximum Gasteiger partial charge on any atom is 0.419 e. The highest BCUT2D eigenvalue weighted by molar-refractivity contribution is 5.33. The Morgan fingerprint density at radius 3 is 2.67 bits per heavy atom. The molecule has 1 saturated carbocycles. The van der Waals surface area contributed by atoms with Crippen LogP contribution in [0, 0.1) is 11.7 Å². The number of alkyl halides is 3. The molecule has 18 heavy (non-hydrogen) atoms. The fraction of sp³-hybridized carbons (Fsp3) is 0.538.